The van der Waals surface area contributed by atoms with Gasteiger partial charge in [0.2, 0.25) is 5.78 Å². The Kier molecular flexibility index (Phi) is 9.32. The van der Waals surface area contributed by atoms with Gasteiger partial charge in [0, 0.05) is 0 Å². The van der Waals surface area contributed by atoms with E-state index in [9.17, 15) is 4.79 Å². The van der Waals surface area contributed by atoms with Crippen LogP contribution in [-0.2, 0) is 50.2 Å². The Labute approximate surface area is 229 Å². The van der Waals surface area contributed by atoms with Gasteiger partial charge in [-0.1, -0.05) is 121 Å². The van der Waals surface area contributed by atoms with Crippen molar-refractivity contribution in [2.75, 3.05) is 0 Å². The maximum absolute atomic E-state index is 13.8. The second kappa shape index (κ2) is 13.7. The molecule has 0 N–H and O–H groups in total. The minimum Gasteiger partial charge on any atom is -0.485 e. The monoisotopic (exact) mass is 520 g/mol. The van der Waals surface area contributed by atoms with Crippen molar-refractivity contribution in [2.24, 2.45) is 0 Å². The van der Waals surface area contributed by atoms with Gasteiger partial charge in [-0.15, -0.1) is 0 Å². The Morgan fingerprint density at radius 1 is 0.487 bits per heavy atom. The molecule has 0 radical (unpaired) electrons. The zero-order chi connectivity index (χ0) is 26.7. The zero-order valence-electron chi connectivity index (χ0n) is 21.7. The van der Waals surface area contributed by atoms with Crippen LogP contribution in [0, 0.1) is 0 Å². The van der Waals surface area contributed by atoms with Gasteiger partial charge < -0.3 is 18.9 Å². The fraction of sp³-hybridized carbons (Fsp3) is 0.206. The van der Waals surface area contributed by atoms with Gasteiger partial charge in [0.1, 0.15) is 18.8 Å². The quantitative estimate of drug-likeness (QED) is 0.216. The summed E-state index contributed by atoms with van der Waals surface area (Å²) in [5.41, 5.74) is 3.97. The predicted octanol–water partition coefficient (Wildman–Crippen LogP) is 6.43. The summed E-state index contributed by atoms with van der Waals surface area (Å²) in [6.07, 6.45) is -0.371. The lowest BCUT2D eigenvalue weighted by Crippen LogP contribution is -2.50. The molecule has 0 saturated heterocycles. The summed E-state index contributed by atoms with van der Waals surface area (Å²) < 4.78 is 25.1. The molecule has 0 heterocycles. The van der Waals surface area contributed by atoms with Crippen molar-refractivity contribution >= 4 is 5.78 Å². The molecule has 4 aromatic carbocycles. The lowest BCUT2D eigenvalue weighted by Gasteiger charge is -2.35. The number of ketones is 1. The van der Waals surface area contributed by atoms with E-state index in [1.165, 1.54) is 0 Å². The van der Waals surface area contributed by atoms with E-state index >= 15 is 0 Å². The Morgan fingerprint density at radius 3 is 1.38 bits per heavy atom. The standard InChI is InChI=1S/C34H32O5/c35-32-30(36-22-26-13-5-1-6-14-26)21-31(37-23-27-15-7-2-8-16-27)33(38-24-28-17-9-3-10-18-28)34(32)39-25-29-19-11-4-12-20-29/h1-21,31,33-34H,22-25H2/t31-,33+,34+/m0/s1. The lowest BCUT2D eigenvalue weighted by molar-refractivity contribution is -0.165. The molecule has 0 aromatic heterocycles. The molecule has 198 valence electrons. The largest absolute Gasteiger partial charge is 0.485 e. The van der Waals surface area contributed by atoms with E-state index in [1.807, 2.05) is 121 Å². The van der Waals surface area contributed by atoms with Gasteiger partial charge >= 0.3 is 0 Å². The highest BCUT2D eigenvalue weighted by molar-refractivity contribution is 5.98. The van der Waals surface area contributed by atoms with Gasteiger partial charge in [-0.3, -0.25) is 4.79 Å². The summed E-state index contributed by atoms with van der Waals surface area (Å²) in [5.74, 6) is -0.0194. The van der Waals surface area contributed by atoms with E-state index in [-0.39, 0.29) is 24.8 Å². The third-order valence-corrected chi connectivity index (χ3v) is 6.52. The summed E-state index contributed by atoms with van der Waals surface area (Å²) >= 11 is 0. The lowest BCUT2D eigenvalue weighted by atomic mass is 9.94. The highest BCUT2D eigenvalue weighted by Gasteiger charge is 2.43. The van der Waals surface area contributed by atoms with Crippen LogP contribution in [0.4, 0.5) is 0 Å². The summed E-state index contributed by atoms with van der Waals surface area (Å²) in [4.78, 5) is 13.8. The Bertz CT molecular complexity index is 1320. The van der Waals surface area contributed by atoms with Gasteiger partial charge in [0.05, 0.1) is 19.8 Å². The number of carbonyl (C=O) groups is 1. The molecule has 0 unspecified atom stereocenters. The highest BCUT2D eigenvalue weighted by atomic mass is 16.6. The molecule has 5 heteroatoms. The molecule has 1 aliphatic rings. The van der Waals surface area contributed by atoms with Crippen molar-refractivity contribution < 1.29 is 23.7 Å². The minimum absolute atomic E-state index is 0.231. The van der Waals surface area contributed by atoms with Crippen molar-refractivity contribution in [1.29, 1.82) is 0 Å². The summed E-state index contributed by atoms with van der Waals surface area (Å²) in [6.45, 7) is 1.21. The van der Waals surface area contributed by atoms with E-state index in [4.69, 9.17) is 18.9 Å². The van der Waals surface area contributed by atoms with E-state index in [0.29, 0.717) is 13.2 Å². The second-order valence-electron chi connectivity index (χ2n) is 9.41. The number of benzene rings is 4. The molecule has 0 fully saturated rings. The third-order valence-electron chi connectivity index (χ3n) is 6.52. The number of rotatable bonds is 12. The van der Waals surface area contributed by atoms with E-state index < -0.39 is 18.3 Å². The normalized spacial score (nSPS) is 18.9. The summed E-state index contributed by atoms with van der Waals surface area (Å²) in [5, 5.41) is 0. The van der Waals surface area contributed by atoms with Crippen LogP contribution < -0.4 is 0 Å². The molecule has 3 atom stereocenters. The van der Waals surface area contributed by atoms with Gasteiger partial charge in [-0.05, 0) is 28.3 Å². The maximum Gasteiger partial charge on any atom is 0.228 e. The number of Topliss-reactive ketones (excluding diaryl/α,β-unsaturated/α-hetero) is 1. The van der Waals surface area contributed by atoms with Crippen molar-refractivity contribution in [3.05, 3.63) is 155 Å². The first-order valence-corrected chi connectivity index (χ1v) is 13.2. The van der Waals surface area contributed by atoms with Crippen molar-refractivity contribution in [1.82, 2.24) is 0 Å². The first kappa shape index (κ1) is 26.6. The van der Waals surface area contributed by atoms with Gasteiger partial charge in [0.25, 0.3) is 0 Å². The second-order valence-corrected chi connectivity index (χ2v) is 9.41. The molecule has 0 spiro atoms. The number of ether oxygens (including phenoxy) is 4. The summed E-state index contributed by atoms with van der Waals surface area (Å²) in [7, 11) is 0. The summed E-state index contributed by atoms with van der Waals surface area (Å²) in [6, 6.07) is 39.4. The van der Waals surface area contributed by atoms with Crippen molar-refractivity contribution in [2.45, 2.75) is 44.7 Å². The maximum atomic E-state index is 13.8. The Morgan fingerprint density at radius 2 is 0.897 bits per heavy atom. The fourth-order valence-electron chi connectivity index (χ4n) is 4.43. The number of hydrogen-bond acceptors (Lipinski definition) is 5. The fourth-order valence-corrected chi connectivity index (χ4v) is 4.43. The van der Waals surface area contributed by atoms with Crippen LogP contribution in [0.2, 0.25) is 0 Å². The molecule has 39 heavy (non-hydrogen) atoms. The average Bonchev–Trinajstić information content (AvgIpc) is 3.00. The number of carbonyl (C=O) groups excluding carboxylic acids is 1. The number of hydrogen-bond donors (Lipinski definition) is 0. The topological polar surface area (TPSA) is 54.0 Å². The van der Waals surface area contributed by atoms with Crippen LogP contribution in [0.1, 0.15) is 22.3 Å². The van der Waals surface area contributed by atoms with E-state index in [2.05, 4.69) is 0 Å². The van der Waals surface area contributed by atoms with Crippen LogP contribution in [0.15, 0.2) is 133 Å². The third kappa shape index (κ3) is 7.52. The molecule has 1 aliphatic carbocycles. The van der Waals surface area contributed by atoms with Crippen LogP contribution in [0.5, 0.6) is 0 Å². The molecule has 4 aromatic rings. The molecular formula is C34H32O5. The van der Waals surface area contributed by atoms with Crippen molar-refractivity contribution in [3.63, 3.8) is 0 Å². The van der Waals surface area contributed by atoms with Crippen LogP contribution in [-0.4, -0.2) is 24.1 Å². The predicted molar refractivity (Wildman–Crippen MR) is 149 cm³/mol. The first-order chi connectivity index (χ1) is 19.3. The molecule has 5 nitrogen and oxygen atoms in total. The smallest absolute Gasteiger partial charge is 0.228 e. The van der Waals surface area contributed by atoms with E-state index in [1.54, 1.807) is 6.08 Å². The SMILES string of the molecule is O=C1C(OCc2ccccc2)=C[C@H](OCc2ccccc2)[C@@H](OCc2ccccc2)[C@@H]1OCc1ccccc1. The molecule has 5 rings (SSSR count). The van der Waals surface area contributed by atoms with Gasteiger partial charge in [-0.2, -0.15) is 0 Å². The Balaban J connectivity index is 1.41. The van der Waals surface area contributed by atoms with Gasteiger partial charge in [0.15, 0.2) is 11.9 Å². The first-order valence-electron chi connectivity index (χ1n) is 13.2. The Hall–Kier alpha value is -4.03. The zero-order valence-corrected chi connectivity index (χ0v) is 21.7. The molecule has 0 bridgehead atoms. The minimum atomic E-state index is -0.898. The van der Waals surface area contributed by atoms with Crippen molar-refractivity contribution in [3.8, 4) is 0 Å². The van der Waals surface area contributed by atoms with Crippen LogP contribution in [0.25, 0.3) is 0 Å². The van der Waals surface area contributed by atoms with Crippen LogP contribution >= 0.6 is 0 Å². The molecule has 0 aliphatic heterocycles. The van der Waals surface area contributed by atoms with Crippen LogP contribution in [0.3, 0.4) is 0 Å². The average molecular weight is 521 g/mol. The van der Waals surface area contributed by atoms with Gasteiger partial charge in [-0.25, -0.2) is 0 Å². The molecule has 0 saturated carbocycles. The molecule has 0 amide bonds. The molecular weight excluding hydrogens is 488 g/mol. The van der Waals surface area contributed by atoms with E-state index in [0.717, 1.165) is 22.3 Å². The highest BCUT2D eigenvalue weighted by Crippen LogP contribution is 2.28.